The lowest BCUT2D eigenvalue weighted by molar-refractivity contribution is -0.101. The van der Waals surface area contributed by atoms with Crippen molar-refractivity contribution < 1.29 is 9.47 Å². The standard InChI is InChI=1S/C16H30N2O2/c1-2-17-11-13-7-8-14(20-13)12-18-9-10-19-16-6-4-3-5-15(16)18/h13-17H,2-12H2,1H3. The van der Waals surface area contributed by atoms with E-state index in [4.69, 9.17) is 9.47 Å². The number of ether oxygens (including phenoxy) is 2. The first-order valence-corrected chi connectivity index (χ1v) is 8.58. The topological polar surface area (TPSA) is 33.7 Å². The van der Waals surface area contributed by atoms with E-state index in [9.17, 15) is 0 Å². The Morgan fingerprint density at radius 3 is 2.85 bits per heavy atom. The predicted octanol–water partition coefficient (Wildman–Crippen LogP) is 1.79. The number of likely N-dealkylation sites (N-methyl/N-ethyl adjacent to an activating group) is 1. The Bertz CT molecular complexity index is 298. The average molecular weight is 282 g/mol. The van der Waals surface area contributed by atoms with Crippen molar-refractivity contribution in [2.75, 3.05) is 32.8 Å². The van der Waals surface area contributed by atoms with E-state index in [-0.39, 0.29) is 0 Å². The molecular weight excluding hydrogens is 252 g/mol. The molecule has 2 heterocycles. The van der Waals surface area contributed by atoms with Crippen molar-refractivity contribution in [1.82, 2.24) is 10.2 Å². The number of fused-ring (bicyclic) bond motifs is 1. The summed E-state index contributed by atoms with van der Waals surface area (Å²) in [6, 6.07) is 0.661. The smallest absolute Gasteiger partial charge is 0.0730 e. The molecule has 3 rings (SSSR count). The van der Waals surface area contributed by atoms with Gasteiger partial charge in [-0.2, -0.15) is 0 Å². The number of nitrogens with zero attached hydrogens (tertiary/aromatic N) is 1. The quantitative estimate of drug-likeness (QED) is 0.833. The summed E-state index contributed by atoms with van der Waals surface area (Å²) in [4.78, 5) is 2.66. The maximum atomic E-state index is 6.20. The fourth-order valence-electron chi connectivity index (χ4n) is 4.03. The van der Waals surface area contributed by atoms with Gasteiger partial charge in [0, 0.05) is 25.7 Å². The Labute approximate surface area is 123 Å². The van der Waals surface area contributed by atoms with Crippen LogP contribution in [0.4, 0.5) is 0 Å². The van der Waals surface area contributed by atoms with Crippen LogP contribution in [0.5, 0.6) is 0 Å². The van der Waals surface area contributed by atoms with E-state index in [1.807, 2.05) is 0 Å². The van der Waals surface area contributed by atoms with Crippen molar-refractivity contribution in [3.05, 3.63) is 0 Å². The van der Waals surface area contributed by atoms with E-state index in [0.29, 0.717) is 24.4 Å². The summed E-state index contributed by atoms with van der Waals surface area (Å²) in [5.74, 6) is 0. The lowest BCUT2D eigenvalue weighted by atomic mass is 9.90. The molecule has 4 nitrogen and oxygen atoms in total. The molecule has 20 heavy (non-hydrogen) atoms. The highest BCUT2D eigenvalue weighted by Gasteiger charge is 2.36. The van der Waals surface area contributed by atoms with Crippen molar-refractivity contribution in [3.8, 4) is 0 Å². The van der Waals surface area contributed by atoms with Crippen LogP contribution in [-0.4, -0.2) is 62.0 Å². The van der Waals surface area contributed by atoms with Gasteiger partial charge in [0.25, 0.3) is 0 Å². The number of morpholine rings is 1. The zero-order valence-electron chi connectivity index (χ0n) is 12.9. The van der Waals surface area contributed by atoms with Gasteiger partial charge in [-0.15, -0.1) is 0 Å². The van der Waals surface area contributed by atoms with Gasteiger partial charge in [0.05, 0.1) is 24.9 Å². The number of hydrogen-bond acceptors (Lipinski definition) is 4. The zero-order valence-corrected chi connectivity index (χ0v) is 12.9. The lowest BCUT2D eigenvalue weighted by Crippen LogP contribution is -2.54. The fourth-order valence-corrected chi connectivity index (χ4v) is 4.03. The van der Waals surface area contributed by atoms with Gasteiger partial charge in [0.1, 0.15) is 0 Å². The minimum atomic E-state index is 0.433. The highest BCUT2D eigenvalue weighted by molar-refractivity contribution is 4.89. The van der Waals surface area contributed by atoms with Crippen molar-refractivity contribution in [3.63, 3.8) is 0 Å². The summed E-state index contributed by atoms with van der Waals surface area (Å²) in [6.07, 6.45) is 9.11. The van der Waals surface area contributed by atoms with E-state index in [1.165, 1.54) is 38.5 Å². The van der Waals surface area contributed by atoms with Crippen LogP contribution in [0.25, 0.3) is 0 Å². The van der Waals surface area contributed by atoms with Crippen LogP contribution in [0.1, 0.15) is 45.4 Å². The van der Waals surface area contributed by atoms with Crippen molar-refractivity contribution in [1.29, 1.82) is 0 Å². The molecule has 4 unspecified atom stereocenters. The summed E-state index contributed by atoms with van der Waals surface area (Å²) in [5.41, 5.74) is 0. The van der Waals surface area contributed by atoms with Crippen LogP contribution < -0.4 is 5.32 Å². The fraction of sp³-hybridized carbons (Fsp3) is 1.00. The van der Waals surface area contributed by atoms with Gasteiger partial charge in [0.2, 0.25) is 0 Å². The van der Waals surface area contributed by atoms with Crippen LogP contribution >= 0.6 is 0 Å². The van der Waals surface area contributed by atoms with Gasteiger partial charge in [-0.3, -0.25) is 4.90 Å². The first kappa shape index (κ1) is 14.8. The Balaban J connectivity index is 1.47. The summed E-state index contributed by atoms with van der Waals surface area (Å²) >= 11 is 0. The van der Waals surface area contributed by atoms with Gasteiger partial charge in [-0.1, -0.05) is 19.8 Å². The van der Waals surface area contributed by atoms with Crippen molar-refractivity contribution in [2.24, 2.45) is 0 Å². The van der Waals surface area contributed by atoms with Crippen molar-refractivity contribution >= 4 is 0 Å². The molecule has 4 heteroatoms. The largest absolute Gasteiger partial charge is 0.375 e. The van der Waals surface area contributed by atoms with Gasteiger partial charge in [0.15, 0.2) is 0 Å². The van der Waals surface area contributed by atoms with Crippen LogP contribution in [-0.2, 0) is 9.47 Å². The highest BCUT2D eigenvalue weighted by atomic mass is 16.5. The van der Waals surface area contributed by atoms with Crippen LogP contribution in [0.15, 0.2) is 0 Å². The van der Waals surface area contributed by atoms with Crippen LogP contribution in [0.2, 0.25) is 0 Å². The maximum absolute atomic E-state index is 6.20. The molecule has 3 fully saturated rings. The second-order valence-electron chi connectivity index (χ2n) is 6.52. The van der Waals surface area contributed by atoms with E-state index in [0.717, 1.165) is 32.8 Å². The third-order valence-corrected chi connectivity index (χ3v) is 5.10. The molecule has 1 saturated carbocycles. The zero-order chi connectivity index (χ0) is 13.8. The summed E-state index contributed by atoms with van der Waals surface area (Å²) in [6.45, 7) is 7.34. The summed E-state index contributed by atoms with van der Waals surface area (Å²) in [7, 11) is 0. The van der Waals surface area contributed by atoms with Crippen LogP contribution in [0, 0.1) is 0 Å². The second kappa shape index (κ2) is 7.21. The lowest BCUT2D eigenvalue weighted by Gasteiger charge is -2.44. The molecule has 0 aromatic rings. The van der Waals surface area contributed by atoms with E-state index < -0.39 is 0 Å². The van der Waals surface area contributed by atoms with E-state index in [1.54, 1.807) is 0 Å². The minimum Gasteiger partial charge on any atom is -0.375 e. The van der Waals surface area contributed by atoms with E-state index >= 15 is 0 Å². The first-order valence-electron chi connectivity index (χ1n) is 8.58. The maximum Gasteiger partial charge on any atom is 0.0730 e. The molecule has 0 aromatic heterocycles. The normalized spacial score (nSPS) is 38.9. The first-order chi connectivity index (χ1) is 9.86. The molecule has 0 aromatic carbocycles. The molecule has 0 spiro atoms. The van der Waals surface area contributed by atoms with Gasteiger partial charge in [-0.25, -0.2) is 0 Å². The number of hydrogen-bond donors (Lipinski definition) is 1. The SMILES string of the molecule is CCNCC1CCC(CN2CCOC3CCCCC32)O1. The summed E-state index contributed by atoms with van der Waals surface area (Å²) in [5, 5.41) is 3.40. The molecule has 0 bridgehead atoms. The Morgan fingerprint density at radius 2 is 1.95 bits per heavy atom. The Hall–Kier alpha value is -0.160. The molecule has 116 valence electrons. The minimum absolute atomic E-state index is 0.433. The molecule has 1 aliphatic carbocycles. The van der Waals surface area contributed by atoms with Gasteiger partial charge in [-0.05, 0) is 32.2 Å². The molecule has 2 saturated heterocycles. The summed E-state index contributed by atoms with van der Waals surface area (Å²) < 4.78 is 12.2. The molecule has 4 atom stereocenters. The highest BCUT2D eigenvalue weighted by Crippen LogP contribution is 2.30. The van der Waals surface area contributed by atoms with Crippen LogP contribution in [0.3, 0.4) is 0 Å². The molecular formula is C16H30N2O2. The number of rotatable bonds is 5. The van der Waals surface area contributed by atoms with Gasteiger partial charge < -0.3 is 14.8 Å². The Morgan fingerprint density at radius 1 is 1.10 bits per heavy atom. The second-order valence-corrected chi connectivity index (χ2v) is 6.52. The number of nitrogens with one attached hydrogen (secondary N) is 1. The monoisotopic (exact) mass is 282 g/mol. The van der Waals surface area contributed by atoms with Gasteiger partial charge >= 0.3 is 0 Å². The predicted molar refractivity (Wildman–Crippen MR) is 80.0 cm³/mol. The molecule has 2 aliphatic heterocycles. The molecule has 3 aliphatic rings. The Kier molecular flexibility index (Phi) is 5.32. The molecule has 1 N–H and O–H groups in total. The van der Waals surface area contributed by atoms with Crippen molar-refractivity contribution in [2.45, 2.75) is 69.8 Å². The molecule has 0 amide bonds. The average Bonchev–Trinajstić information content (AvgIpc) is 2.93. The third kappa shape index (κ3) is 3.53. The third-order valence-electron chi connectivity index (χ3n) is 5.10. The molecule has 0 radical (unpaired) electrons. The van der Waals surface area contributed by atoms with E-state index in [2.05, 4.69) is 17.1 Å².